The van der Waals surface area contributed by atoms with Crippen molar-refractivity contribution >= 4 is 11.8 Å². The van der Waals surface area contributed by atoms with Crippen molar-refractivity contribution in [2.45, 2.75) is 57.8 Å². The summed E-state index contributed by atoms with van der Waals surface area (Å²) in [6.45, 7) is 4.69. The second-order valence-electron chi connectivity index (χ2n) is 6.39. The average Bonchev–Trinajstić information content (AvgIpc) is 2.49. The molecule has 0 aromatic heterocycles. The first-order valence-corrected chi connectivity index (χ1v) is 7.96. The Kier molecular flexibility index (Phi) is 8.04. The molecule has 0 aliphatic carbocycles. The molecule has 1 heterocycles. The highest BCUT2D eigenvalue weighted by Gasteiger charge is 2.45. The summed E-state index contributed by atoms with van der Waals surface area (Å²) in [4.78, 5) is 22.3. The molecular formula is C15H28N2O7. The molecule has 2 amide bonds. The number of nitrogens with two attached hydrogens (primary N) is 1. The number of nitrogens with one attached hydrogen (secondary N) is 1. The van der Waals surface area contributed by atoms with E-state index in [4.69, 9.17) is 15.2 Å². The lowest BCUT2D eigenvalue weighted by Gasteiger charge is -2.42. The first-order valence-electron chi connectivity index (χ1n) is 7.96. The molecule has 0 aromatic carbocycles. The number of hydrogen-bond donors (Lipinski definition) is 5. The Hall–Kier alpha value is -1.26. The zero-order valence-electron chi connectivity index (χ0n) is 14.2. The lowest BCUT2D eigenvalue weighted by Crippen LogP contribution is -2.64. The van der Waals surface area contributed by atoms with Crippen LogP contribution in [0.3, 0.4) is 0 Å². The fourth-order valence-corrected chi connectivity index (χ4v) is 2.54. The minimum atomic E-state index is -1.35. The molecule has 1 aliphatic rings. The molecule has 1 rings (SSSR count). The molecule has 140 valence electrons. The Labute approximate surface area is 141 Å². The van der Waals surface area contributed by atoms with E-state index >= 15 is 0 Å². The van der Waals surface area contributed by atoms with Crippen molar-refractivity contribution in [3.05, 3.63) is 0 Å². The van der Waals surface area contributed by atoms with Crippen LogP contribution in [0.25, 0.3) is 0 Å². The number of ether oxygens (including phenoxy) is 2. The Morgan fingerprint density at radius 2 is 1.88 bits per heavy atom. The van der Waals surface area contributed by atoms with E-state index in [1.165, 1.54) is 6.92 Å². The molecule has 9 heteroatoms. The molecule has 5 unspecified atom stereocenters. The number of aliphatic hydroxyl groups excluding tert-OH is 3. The Morgan fingerprint density at radius 3 is 2.38 bits per heavy atom. The molecule has 0 aromatic rings. The van der Waals surface area contributed by atoms with Crippen molar-refractivity contribution in [1.82, 2.24) is 5.32 Å². The van der Waals surface area contributed by atoms with Crippen LogP contribution in [-0.2, 0) is 19.1 Å². The summed E-state index contributed by atoms with van der Waals surface area (Å²) in [5, 5.41) is 31.8. The van der Waals surface area contributed by atoms with Crippen molar-refractivity contribution in [2.75, 3.05) is 13.2 Å². The topological polar surface area (TPSA) is 151 Å². The summed E-state index contributed by atoms with van der Waals surface area (Å²) in [5.41, 5.74) is 5.18. The highest BCUT2D eigenvalue weighted by molar-refractivity contribution is 5.74. The van der Waals surface area contributed by atoms with Gasteiger partial charge in [-0.3, -0.25) is 9.59 Å². The summed E-state index contributed by atoms with van der Waals surface area (Å²) in [6, 6.07) is -0.973. The minimum absolute atomic E-state index is 0.0190. The van der Waals surface area contributed by atoms with Crippen molar-refractivity contribution in [1.29, 1.82) is 0 Å². The number of hydrogen-bond acceptors (Lipinski definition) is 7. The van der Waals surface area contributed by atoms with Gasteiger partial charge < -0.3 is 35.8 Å². The standard InChI is InChI=1S/C15H28N2O7/c1-7(4-11(16)20)8(2)6-23-15-12(17-9(3)19)14(22)13(21)10(5-18)24-15/h7-8,10,12-15,18,21-22H,4-6H2,1-3H3,(H2,16,20)(H,17,19)/t7?,8?,10?,12?,13-,14?,15+/m0/s1. The van der Waals surface area contributed by atoms with Gasteiger partial charge in [-0.2, -0.15) is 0 Å². The molecule has 0 bridgehead atoms. The van der Waals surface area contributed by atoms with E-state index in [1.54, 1.807) is 0 Å². The van der Waals surface area contributed by atoms with Crippen molar-refractivity contribution in [2.24, 2.45) is 17.6 Å². The normalized spacial score (nSPS) is 32.8. The number of carbonyl (C=O) groups is 2. The molecular weight excluding hydrogens is 320 g/mol. The average molecular weight is 348 g/mol. The van der Waals surface area contributed by atoms with Gasteiger partial charge in [-0.05, 0) is 11.8 Å². The summed E-state index contributed by atoms with van der Waals surface area (Å²) in [6.07, 6.45) is -4.53. The zero-order chi connectivity index (χ0) is 18.4. The molecule has 0 radical (unpaired) electrons. The van der Waals surface area contributed by atoms with Crippen LogP contribution in [0, 0.1) is 11.8 Å². The quantitative estimate of drug-likeness (QED) is 0.343. The molecule has 1 aliphatic heterocycles. The van der Waals surface area contributed by atoms with Crippen molar-refractivity contribution < 1.29 is 34.4 Å². The lowest BCUT2D eigenvalue weighted by molar-refractivity contribution is -0.273. The van der Waals surface area contributed by atoms with Crippen LogP contribution in [0.15, 0.2) is 0 Å². The Balaban J connectivity index is 2.72. The van der Waals surface area contributed by atoms with Gasteiger partial charge in [-0.1, -0.05) is 13.8 Å². The Bertz CT molecular complexity index is 434. The first kappa shape index (κ1) is 20.8. The van der Waals surface area contributed by atoms with Gasteiger partial charge in [-0.25, -0.2) is 0 Å². The third-order valence-corrected chi connectivity index (χ3v) is 4.27. The van der Waals surface area contributed by atoms with Crippen LogP contribution in [0.5, 0.6) is 0 Å². The van der Waals surface area contributed by atoms with E-state index in [2.05, 4.69) is 5.32 Å². The van der Waals surface area contributed by atoms with Gasteiger partial charge in [0.05, 0.1) is 13.2 Å². The minimum Gasteiger partial charge on any atom is -0.394 e. The molecule has 24 heavy (non-hydrogen) atoms. The van der Waals surface area contributed by atoms with E-state index in [0.717, 1.165) is 0 Å². The number of primary amides is 1. The van der Waals surface area contributed by atoms with E-state index in [9.17, 15) is 24.9 Å². The molecule has 0 spiro atoms. The van der Waals surface area contributed by atoms with E-state index in [0.29, 0.717) is 0 Å². The Morgan fingerprint density at radius 1 is 1.25 bits per heavy atom. The van der Waals surface area contributed by atoms with Gasteiger partial charge in [0.2, 0.25) is 11.8 Å². The highest BCUT2D eigenvalue weighted by atomic mass is 16.7. The van der Waals surface area contributed by atoms with Gasteiger partial charge in [-0.15, -0.1) is 0 Å². The summed E-state index contributed by atoms with van der Waals surface area (Å²) in [7, 11) is 0. The maximum atomic E-state index is 11.3. The largest absolute Gasteiger partial charge is 0.394 e. The fourth-order valence-electron chi connectivity index (χ4n) is 2.54. The van der Waals surface area contributed by atoms with Gasteiger partial charge in [0.25, 0.3) is 0 Å². The van der Waals surface area contributed by atoms with Crippen LogP contribution in [0.2, 0.25) is 0 Å². The first-order chi connectivity index (χ1) is 11.2. The summed E-state index contributed by atoms with van der Waals surface area (Å²) < 4.78 is 11.1. The fraction of sp³-hybridized carbons (Fsp3) is 0.867. The van der Waals surface area contributed by atoms with Crippen molar-refractivity contribution in [3.63, 3.8) is 0 Å². The molecule has 1 fully saturated rings. The molecule has 1 saturated heterocycles. The lowest BCUT2D eigenvalue weighted by atomic mass is 9.93. The molecule has 0 saturated carbocycles. The smallest absolute Gasteiger partial charge is 0.217 e. The SMILES string of the molecule is CC(=O)NC1C(O)[C@@H](O)C(CO)O[C@H]1OCC(C)C(C)CC(N)=O. The number of amides is 2. The monoisotopic (exact) mass is 348 g/mol. The van der Waals surface area contributed by atoms with Gasteiger partial charge in [0.15, 0.2) is 6.29 Å². The second kappa shape index (κ2) is 9.28. The maximum absolute atomic E-state index is 11.3. The molecule has 9 nitrogen and oxygen atoms in total. The molecule has 6 N–H and O–H groups in total. The van der Waals surface area contributed by atoms with Gasteiger partial charge in [0.1, 0.15) is 24.4 Å². The number of rotatable bonds is 8. The number of carbonyl (C=O) groups excluding carboxylic acids is 2. The van der Waals surface area contributed by atoms with E-state index in [1.807, 2.05) is 13.8 Å². The predicted molar refractivity (Wildman–Crippen MR) is 83.5 cm³/mol. The van der Waals surface area contributed by atoms with Crippen molar-refractivity contribution in [3.8, 4) is 0 Å². The zero-order valence-corrected chi connectivity index (χ0v) is 14.2. The summed E-state index contributed by atoms with van der Waals surface area (Å²) >= 11 is 0. The second-order valence-corrected chi connectivity index (χ2v) is 6.39. The summed E-state index contributed by atoms with van der Waals surface area (Å²) in [5.74, 6) is -0.871. The predicted octanol–water partition coefficient (Wildman–Crippen LogP) is -1.91. The van der Waals surface area contributed by atoms with Crippen LogP contribution in [-0.4, -0.2) is 71.0 Å². The van der Waals surface area contributed by atoms with Crippen LogP contribution in [0.4, 0.5) is 0 Å². The number of aliphatic hydroxyl groups is 3. The van der Waals surface area contributed by atoms with Gasteiger partial charge in [0, 0.05) is 13.3 Å². The van der Waals surface area contributed by atoms with E-state index in [-0.39, 0.29) is 24.9 Å². The third-order valence-electron chi connectivity index (χ3n) is 4.27. The third kappa shape index (κ3) is 5.67. The van der Waals surface area contributed by atoms with Crippen LogP contribution < -0.4 is 11.1 Å². The highest BCUT2D eigenvalue weighted by Crippen LogP contribution is 2.24. The molecule has 7 atom stereocenters. The van der Waals surface area contributed by atoms with Crippen LogP contribution in [0.1, 0.15) is 27.2 Å². The van der Waals surface area contributed by atoms with Crippen LogP contribution >= 0.6 is 0 Å². The van der Waals surface area contributed by atoms with E-state index < -0.39 is 49.1 Å². The maximum Gasteiger partial charge on any atom is 0.217 e. The van der Waals surface area contributed by atoms with Gasteiger partial charge >= 0.3 is 0 Å².